The Kier molecular flexibility index (Phi) is 4.31. The van der Waals surface area contributed by atoms with Crippen molar-refractivity contribution in [2.24, 2.45) is 0 Å². The highest BCUT2D eigenvalue weighted by Crippen LogP contribution is 2.29. The number of furan rings is 1. The number of aryl methyl sites for hydroxylation is 1. The molecule has 6 heteroatoms. The fraction of sp³-hybridized carbons (Fsp3) is 0.500. The van der Waals surface area contributed by atoms with Crippen LogP contribution in [0.4, 0.5) is 0 Å². The van der Waals surface area contributed by atoms with E-state index in [0.29, 0.717) is 23.0 Å². The number of rotatable bonds is 4. The van der Waals surface area contributed by atoms with Crippen LogP contribution in [-0.2, 0) is 0 Å². The van der Waals surface area contributed by atoms with Crippen molar-refractivity contribution in [3.8, 4) is 10.8 Å². The zero-order chi connectivity index (χ0) is 15.6. The van der Waals surface area contributed by atoms with Gasteiger partial charge in [0.15, 0.2) is 10.8 Å². The van der Waals surface area contributed by atoms with Crippen LogP contribution in [0.5, 0.6) is 0 Å². The summed E-state index contributed by atoms with van der Waals surface area (Å²) in [6, 6.07) is 3.62. The number of carbonyl (C=O) groups excluding carboxylic acids is 1. The normalized spacial score (nSPS) is 17.4. The minimum absolute atomic E-state index is 0.231. The molecule has 2 N–H and O–H groups in total. The Morgan fingerprint density at radius 2 is 2.23 bits per heavy atom. The second-order valence-electron chi connectivity index (χ2n) is 5.87. The molecule has 1 amide bonds. The Hall–Kier alpha value is -1.66. The lowest BCUT2D eigenvalue weighted by Crippen LogP contribution is -2.44. The summed E-state index contributed by atoms with van der Waals surface area (Å²) in [6.45, 7) is 2.16. The molecule has 1 aliphatic rings. The Bertz CT molecular complexity index is 642. The van der Waals surface area contributed by atoms with E-state index in [1.54, 1.807) is 12.3 Å². The molecular weight excluding hydrogens is 300 g/mol. The van der Waals surface area contributed by atoms with Crippen LogP contribution < -0.4 is 5.32 Å². The van der Waals surface area contributed by atoms with E-state index in [0.717, 1.165) is 37.0 Å². The number of amides is 1. The lowest BCUT2D eigenvalue weighted by molar-refractivity contribution is 0.00521. The molecule has 0 aliphatic heterocycles. The van der Waals surface area contributed by atoms with Gasteiger partial charge >= 0.3 is 0 Å². The van der Waals surface area contributed by atoms with Gasteiger partial charge in [0, 0.05) is 11.4 Å². The summed E-state index contributed by atoms with van der Waals surface area (Å²) in [6.07, 6.45) is 6.29. The van der Waals surface area contributed by atoms with Crippen LogP contribution in [0.15, 0.2) is 22.8 Å². The third-order valence-corrected chi connectivity index (χ3v) is 5.09. The summed E-state index contributed by atoms with van der Waals surface area (Å²) in [5.41, 5.74) is -0.349. The third-order valence-electron chi connectivity index (χ3n) is 4.11. The van der Waals surface area contributed by atoms with Crippen molar-refractivity contribution < 1.29 is 14.3 Å². The Morgan fingerprint density at radius 1 is 1.45 bits per heavy atom. The maximum atomic E-state index is 12.3. The highest BCUT2D eigenvalue weighted by atomic mass is 32.1. The molecule has 0 saturated heterocycles. The third kappa shape index (κ3) is 3.23. The van der Waals surface area contributed by atoms with E-state index >= 15 is 0 Å². The van der Waals surface area contributed by atoms with E-state index in [4.69, 9.17) is 4.42 Å². The predicted octanol–water partition coefficient (Wildman–Crippen LogP) is 3.14. The summed E-state index contributed by atoms with van der Waals surface area (Å²) < 4.78 is 5.32. The minimum Gasteiger partial charge on any atom is -0.462 e. The Morgan fingerprint density at radius 3 is 2.91 bits per heavy atom. The number of aliphatic hydroxyl groups is 1. The summed E-state index contributed by atoms with van der Waals surface area (Å²) in [4.78, 5) is 17.5. The molecule has 5 nitrogen and oxygen atoms in total. The van der Waals surface area contributed by atoms with Crippen molar-refractivity contribution in [3.05, 3.63) is 29.0 Å². The number of carbonyl (C=O) groups is 1. The van der Waals surface area contributed by atoms with Crippen LogP contribution in [0.2, 0.25) is 0 Å². The number of aromatic nitrogens is 1. The molecule has 0 atom stereocenters. The van der Waals surface area contributed by atoms with E-state index < -0.39 is 5.60 Å². The van der Waals surface area contributed by atoms with Crippen molar-refractivity contribution in [1.29, 1.82) is 0 Å². The first-order valence-corrected chi connectivity index (χ1v) is 8.41. The predicted molar refractivity (Wildman–Crippen MR) is 84.9 cm³/mol. The zero-order valence-corrected chi connectivity index (χ0v) is 13.4. The molecule has 0 spiro atoms. The van der Waals surface area contributed by atoms with Gasteiger partial charge in [0.2, 0.25) is 0 Å². The molecule has 1 aliphatic carbocycles. The molecule has 1 saturated carbocycles. The first-order valence-electron chi connectivity index (χ1n) is 7.59. The molecule has 0 aromatic carbocycles. The van der Waals surface area contributed by atoms with Gasteiger partial charge in [0.1, 0.15) is 5.69 Å². The lowest BCUT2D eigenvalue weighted by atomic mass is 9.85. The van der Waals surface area contributed by atoms with Crippen LogP contribution in [0.3, 0.4) is 0 Å². The van der Waals surface area contributed by atoms with Gasteiger partial charge in [0.05, 0.1) is 11.9 Å². The lowest BCUT2D eigenvalue weighted by Gasteiger charge is -2.32. The first-order chi connectivity index (χ1) is 10.6. The fourth-order valence-electron chi connectivity index (χ4n) is 2.83. The molecule has 118 valence electrons. The molecule has 1 fully saturated rings. The number of nitrogens with one attached hydrogen (secondary N) is 1. The van der Waals surface area contributed by atoms with Gasteiger partial charge in [0.25, 0.3) is 5.91 Å². The largest absolute Gasteiger partial charge is 0.462 e. The standard InChI is InChI=1S/C16H20N2O3S/c1-11-13(18-15(22-11)12-6-5-9-21-12)14(19)17-10-16(20)7-3-2-4-8-16/h5-6,9,20H,2-4,7-8,10H2,1H3,(H,17,19). The molecule has 0 bridgehead atoms. The topological polar surface area (TPSA) is 75.4 Å². The maximum Gasteiger partial charge on any atom is 0.271 e. The number of thiazole rings is 1. The SMILES string of the molecule is Cc1sc(-c2ccco2)nc1C(=O)NCC1(O)CCCCC1. The van der Waals surface area contributed by atoms with E-state index in [1.165, 1.54) is 11.3 Å². The maximum absolute atomic E-state index is 12.3. The number of hydrogen-bond donors (Lipinski definition) is 2. The van der Waals surface area contributed by atoms with E-state index in [1.807, 2.05) is 13.0 Å². The van der Waals surface area contributed by atoms with Gasteiger partial charge in [-0.2, -0.15) is 0 Å². The van der Waals surface area contributed by atoms with Gasteiger partial charge in [-0.25, -0.2) is 4.98 Å². The molecule has 2 heterocycles. The van der Waals surface area contributed by atoms with Crippen molar-refractivity contribution >= 4 is 17.2 Å². The summed E-state index contributed by atoms with van der Waals surface area (Å²) in [5, 5.41) is 14.0. The van der Waals surface area contributed by atoms with Crippen LogP contribution >= 0.6 is 11.3 Å². The Labute approximate surface area is 133 Å². The highest BCUT2D eigenvalue weighted by Gasteiger charge is 2.30. The van der Waals surface area contributed by atoms with E-state index in [2.05, 4.69) is 10.3 Å². The van der Waals surface area contributed by atoms with Gasteiger partial charge in [-0.05, 0) is 31.9 Å². The summed E-state index contributed by atoms with van der Waals surface area (Å²) in [7, 11) is 0. The van der Waals surface area contributed by atoms with Crippen LogP contribution in [0, 0.1) is 6.92 Å². The molecule has 0 radical (unpaired) electrons. The van der Waals surface area contributed by atoms with Crippen molar-refractivity contribution in [2.75, 3.05) is 6.54 Å². The van der Waals surface area contributed by atoms with E-state index in [9.17, 15) is 9.90 Å². The zero-order valence-electron chi connectivity index (χ0n) is 12.6. The number of hydrogen-bond acceptors (Lipinski definition) is 5. The number of nitrogens with zero attached hydrogens (tertiary/aromatic N) is 1. The molecule has 22 heavy (non-hydrogen) atoms. The van der Waals surface area contributed by atoms with Crippen LogP contribution in [0.1, 0.15) is 47.5 Å². The molecular formula is C16H20N2O3S. The average Bonchev–Trinajstić information content (AvgIpc) is 3.15. The highest BCUT2D eigenvalue weighted by molar-refractivity contribution is 7.15. The van der Waals surface area contributed by atoms with Crippen LogP contribution in [-0.4, -0.2) is 28.1 Å². The first kappa shape index (κ1) is 15.2. The molecule has 2 aromatic rings. The molecule has 3 rings (SSSR count). The quantitative estimate of drug-likeness (QED) is 0.907. The average molecular weight is 320 g/mol. The van der Waals surface area contributed by atoms with Gasteiger partial charge in [-0.3, -0.25) is 4.79 Å². The fourth-order valence-corrected chi connectivity index (χ4v) is 3.71. The second kappa shape index (κ2) is 6.22. The molecule has 2 aromatic heterocycles. The monoisotopic (exact) mass is 320 g/mol. The van der Waals surface area contributed by atoms with Crippen molar-refractivity contribution in [3.63, 3.8) is 0 Å². The van der Waals surface area contributed by atoms with Crippen molar-refractivity contribution in [2.45, 2.75) is 44.6 Å². The second-order valence-corrected chi connectivity index (χ2v) is 7.07. The summed E-state index contributed by atoms with van der Waals surface area (Å²) in [5.74, 6) is 0.434. The van der Waals surface area contributed by atoms with Crippen LogP contribution in [0.25, 0.3) is 10.8 Å². The van der Waals surface area contributed by atoms with Gasteiger partial charge in [-0.15, -0.1) is 11.3 Å². The minimum atomic E-state index is -0.762. The Balaban J connectivity index is 1.67. The summed E-state index contributed by atoms with van der Waals surface area (Å²) >= 11 is 1.43. The molecule has 0 unspecified atom stereocenters. The van der Waals surface area contributed by atoms with Gasteiger partial charge < -0.3 is 14.8 Å². The van der Waals surface area contributed by atoms with E-state index in [-0.39, 0.29) is 5.91 Å². The van der Waals surface area contributed by atoms with Crippen molar-refractivity contribution in [1.82, 2.24) is 10.3 Å². The smallest absolute Gasteiger partial charge is 0.271 e. The van der Waals surface area contributed by atoms with Gasteiger partial charge in [-0.1, -0.05) is 19.3 Å².